The lowest BCUT2D eigenvalue weighted by Gasteiger charge is -2.16. The van der Waals surface area contributed by atoms with E-state index in [1.165, 1.54) is 11.8 Å². The van der Waals surface area contributed by atoms with Crippen LogP contribution in [0.25, 0.3) is 11.4 Å². The summed E-state index contributed by atoms with van der Waals surface area (Å²) in [6, 6.07) is 12.0. The van der Waals surface area contributed by atoms with E-state index in [1.54, 1.807) is 6.26 Å². The zero-order valence-electron chi connectivity index (χ0n) is 14.7. The Morgan fingerprint density at radius 1 is 1.27 bits per heavy atom. The van der Waals surface area contributed by atoms with Crippen molar-refractivity contribution in [2.24, 2.45) is 7.05 Å². The quantitative estimate of drug-likeness (QED) is 0.674. The molecule has 0 saturated heterocycles. The molecular formula is C19H20N4O2S. The van der Waals surface area contributed by atoms with Crippen LogP contribution in [0.1, 0.15) is 29.4 Å². The number of aryl methyl sites for hydroxylation is 1. The third-order valence-electron chi connectivity index (χ3n) is 4.42. The molecule has 1 N–H and O–H groups in total. The highest BCUT2D eigenvalue weighted by atomic mass is 32.2. The second-order valence-corrected chi connectivity index (χ2v) is 7.52. The molecule has 1 aromatic carbocycles. The van der Waals surface area contributed by atoms with Crippen LogP contribution in [-0.2, 0) is 11.8 Å². The van der Waals surface area contributed by atoms with Gasteiger partial charge in [0.1, 0.15) is 11.0 Å². The predicted molar refractivity (Wildman–Crippen MR) is 99.6 cm³/mol. The van der Waals surface area contributed by atoms with Crippen molar-refractivity contribution in [3.8, 4) is 11.4 Å². The summed E-state index contributed by atoms with van der Waals surface area (Å²) < 4.78 is 7.28. The minimum Gasteiger partial charge on any atom is -0.469 e. The highest BCUT2D eigenvalue weighted by Gasteiger charge is 2.30. The Kier molecular flexibility index (Phi) is 4.55. The van der Waals surface area contributed by atoms with Crippen LogP contribution >= 0.6 is 11.8 Å². The van der Waals surface area contributed by atoms with Gasteiger partial charge in [0.2, 0.25) is 5.91 Å². The fourth-order valence-electron chi connectivity index (χ4n) is 2.78. The zero-order chi connectivity index (χ0) is 18.1. The highest BCUT2D eigenvalue weighted by Crippen LogP contribution is 2.36. The topological polar surface area (TPSA) is 72.9 Å². The van der Waals surface area contributed by atoms with Gasteiger partial charge in [0, 0.05) is 13.1 Å². The van der Waals surface area contributed by atoms with Crippen molar-refractivity contribution in [2.75, 3.05) is 0 Å². The van der Waals surface area contributed by atoms with Crippen molar-refractivity contribution >= 4 is 17.7 Å². The lowest BCUT2D eigenvalue weighted by atomic mass is 10.1. The Labute approximate surface area is 156 Å². The van der Waals surface area contributed by atoms with Gasteiger partial charge in [-0.1, -0.05) is 42.1 Å². The van der Waals surface area contributed by atoms with E-state index in [0.29, 0.717) is 11.2 Å². The van der Waals surface area contributed by atoms with Crippen LogP contribution in [0.5, 0.6) is 0 Å². The molecule has 1 atom stereocenters. The summed E-state index contributed by atoms with van der Waals surface area (Å²) in [4.78, 5) is 12.8. The van der Waals surface area contributed by atoms with Gasteiger partial charge in [0.25, 0.3) is 0 Å². The van der Waals surface area contributed by atoms with Crippen LogP contribution in [0, 0.1) is 6.92 Å². The molecule has 1 amide bonds. The van der Waals surface area contributed by atoms with Crippen molar-refractivity contribution in [3.05, 3.63) is 54.0 Å². The van der Waals surface area contributed by atoms with Crippen LogP contribution in [0.2, 0.25) is 0 Å². The number of carbonyl (C=O) groups is 1. The number of hydrogen-bond donors (Lipinski definition) is 1. The maximum Gasteiger partial charge on any atom is 0.238 e. The van der Waals surface area contributed by atoms with Crippen molar-refractivity contribution < 1.29 is 9.21 Å². The number of carbonyl (C=O) groups excluding carboxylic acids is 1. The van der Waals surface area contributed by atoms with Gasteiger partial charge in [-0.3, -0.25) is 4.79 Å². The molecule has 2 aromatic heterocycles. The average Bonchev–Trinajstić information content (AvgIpc) is 3.25. The summed E-state index contributed by atoms with van der Waals surface area (Å²) in [7, 11) is 1.91. The van der Waals surface area contributed by atoms with Gasteiger partial charge in [-0.2, -0.15) is 0 Å². The van der Waals surface area contributed by atoms with Crippen molar-refractivity contribution in [2.45, 2.75) is 36.2 Å². The molecule has 1 aliphatic carbocycles. The normalized spacial score (nSPS) is 15.0. The maximum atomic E-state index is 12.8. The molecule has 0 radical (unpaired) electrons. The second-order valence-electron chi connectivity index (χ2n) is 6.45. The molecule has 0 spiro atoms. The standard InChI is InChI=1S/C19H20N4O2S/c1-12-15(10-11-25-12)17-21-22-19(23(17)2)26-16(13-6-4-3-5-7-13)18(24)20-14-8-9-14/h3-7,10-11,14,16H,8-9H2,1-2H3,(H,20,24)/t16-/m0/s1. The van der Waals surface area contributed by atoms with Crippen LogP contribution in [-0.4, -0.2) is 26.7 Å². The smallest absolute Gasteiger partial charge is 0.238 e. The van der Waals surface area contributed by atoms with Crippen molar-refractivity contribution in [3.63, 3.8) is 0 Å². The number of thioether (sulfide) groups is 1. The molecule has 1 saturated carbocycles. The summed E-state index contributed by atoms with van der Waals surface area (Å²) in [6.07, 6.45) is 3.76. The molecule has 1 fully saturated rings. The Balaban J connectivity index is 1.62. The fraction of sp³-hybridized carbons (Fsp3) is 0.316. The van der Waals surface area contributed by atoms with Crippen LogP contribution < -0.4 is 5.32 Å². The van der Waals surface area contributed by atoms with Gasteiger partial charge >= 0.3 is 0 Å². The van der Waals surface area contributed by atoms with E-state index in [-0.39, 0.29) is 11.2 Å². The largest absolute Gasteiger partial charge is 0.469 e. The monoisotopic (exact) mass is 368 g/mol. The van der Waals surface area contributed by atoms with Crippen LogP contribution in [0.15, 0.2) is 52.2 Å². The molecule has 3 aromatic rings. The zero-order valence-corrected chi connectivity index (χ0v) is 15.5. The maximum absolute atomic E-state index is 12.8. The number of nitrogens with one attached hydrogen (secondary N) is 1. The van der Waals surface area contributed by atoms with E-state index in [1.807, 2.05) is 54.9 Å². The third-order valence-corrected chi connectivity index (χ3v) is 5.71. The van der Waals surface area contributed by atoms with Gasteiger partial charge in [-0.15, -0.1) is 10.2 Å². The second kappa shape index (κ2) is 6.99. The molecule has 0 aliphatic heterocycles. The molecule has 26 heavy (non-hydrogen) atoms. The Hall–Kier alpha value is -2.54. The van der Waals surface area contributed by atoms with Gasteiger partial charge in [0.15, 0.2) is 11.0 Å². The predicted octanol–water partition coefficient (Wildman–Crippen LogP) is 3.50. The molecule has 134 valence electrons. The number of benzene rings is 1. The molecule has 0 unspecified atom stereocenters. The fourth-order valence-corrected chi connectivity index (χ4v) is 3.79. The number of aromatic nitrogens is 3. The van der Waals surface area contributed by atoms with Crippen molar-refractivity contribution in [1.29, 1.82) is 0 Å². The van der Waals surface area contributed by atoms with Crippen LogP contribution in [0.3, 0.4) is 0 Å². The summed E-state index contributed by atoms with van der Waals surface area (Å²) in [5.41, 5.74) is 1.87. The van der Waals surface area contributed by atoms with Crippen LogP contribution in [0.4, 0.5) is 0 Å². The van der Waals surface area contributed by atoms with Gasteiger partial charge < -0.3 is 14.3 Å². The number of nitrogens with zero attached hydrogens (tertiary/aromatic N) is 3. The van der Waals surface area contributed by atoms with E-state index in [2.05, 4.69) is 15.5 Å². The molecular weight excluding hydrogens is 348 g/mol. The molecule has 2 heterocycles. The van der Waals surface area contributed by atoms with Gasteiger partial charge in [-0.25, -0.2) is 0 Å². The SMILES string of the molecule is Cc1occc1-c1nnc(S[C@H](C(=O)NC2CC2)c2ccccc2)n1C. The molecule has 0 bridgehead atoms. The lowest BCUT2D eigenvalue weighted by Crippen LogP contribution is -2.29. The number of hydrogen-bond acceptors (Lipinski definition) is 5. The Bertz CT molecular complexity index is 915. The summed E-state index contributed by atoms with van der Waals surface area (Å²) >= 11 is 1.42. The summed E-state index contributed by atoms with van der Waals surface area (Å²) in [6.45, 7) is 1.90. The first kappa shape index (κ1) is 16.9. The number of amides is 1. The first-order chi connectivity index (χ1) is 12.6. The first-order valence-electron chi connectivity index (χ1n) is 8.59. The first-order valence-corrected chi connectivity index (χ1v) is 9.47. The summed E-state index contributed by atoms with van der Waals surface area (Å²) in [5.74, 6) is 1.55. The molecule has 4 rings (SSSR count). The van der Waals surface area contributed by atoms with Gasteiger partial charge in [-0.05, 0) is 31.4 Å². The third kappa shape index (κ3) is 3.39. The minimum atomic E-state index is -0.363. The van der Waals surface area contributed by atoms with E-state index < -0.39 is 0 Å². The van der Waals surface area contributed by atoms with E-state index in [0.717, 1.165) is 35.6 Å². The average molecular weight is 368 g/mol. The van der Waals surface area contributed by atoms with E-state index in [4.69, 9.17) is 4.42 Å². The Morgan fingerprint density at radius 2 is 2.04 bits per heavy atom. The van der Waals surface area contributed by atoms with Gasteiger partial charge in [0.05, 0.1) is 11.8 Å². The molecule has 1 aliphatic rings. The van der Waals surface area contributed by atoms with Crippen molar-refractivity contribution in [1.82, 2.24) is 20.1 Å². The molecule has 7 heteroatoms. The number of furan rings is 1. The Morgan fingerprint density at radius 3 is 2.69 bits per heavy atom. The highest BCUT2D eigenvalue weighted by molar-refractivity contribution is 8.00. The number of rotatable bonds is 6. The lowest BCUT2D eigenvalue weighted by molar-refractivity contribution is -0.120. The van der Waals surface area contributed by atoms with E-state index >= 15 is 0 Å². The summed E-state index contributed by atoms with van der Waals surface area (Å²) in [5, 5.41) is 12.0. The molecule has 6 nitrogen and oxygen atoms in total. The minimum absolute atomic E-state index is 0.0211. The van der Waals surface area contributed by atoms with E-state index in [9.17, 15) is 4.79 Å².